The number of amides is 2. The van der Waals surface area contributed by atoms with Crippen molar-refractivity contribution in [3.05, 3.63) is 36.0 Å². The van der Waals surface area contributed by atoms with Crippen molar-refractivity contribution in [1.29, 1.82) is 0 Å². The number of H-pyrrole nitrogens is 1. The fourth-order valence-corrected chi connectivity index (χ4v) is 3.41. The van der Waals surface area contributed by atoms with Crippen LogP contribution in [-0.2, 0) is 25.6 Å². The Kier molecular flexibility index (Phi) is 8.77. The number of carboxylic acid groups (broad SMARTS) is 2. The second kappa shape index (κ2) is 11.3. The maximum atomic E-state index is 12.7. The molecule has 32 heavy (non-hydrogen) atoms. The average Bonchev–Trinajstić information content (AvgIpc) is 3.12. The van der Waals surface area contributed by atoms with Crippen LogP contribution in [0.1, 0.15) is 38.7 Å². The largest absolute Gasteiger partial charge is 0.481 e. The summed E-state index contributed by atoms with van der Waals surface area (Å²) in [4.78, 5) is 50.9. The summed E-state index contributed by atoms with van der Waals surface area (Å²) in [6.07, 6.45) is 1.59. The quantitative estimate of drug-likeness (QED) is 0.282. The van der Waals surface area contributed by atoms with Gasteiger partial charge >= 0.3 is 11.9 Å². The topological polar surface area (TPSA) is 175 Å². The number of aromatic amines is 1. The minimum absolute atomic E-state index is 0.00746. The molecule has 174 valence electrons. The number of nitrogens with one attached hydrogen (secondary N) is 3. The van der Waals surface area contributed by atoms with E-state index in [2.05, 4.69) is 15.6 Å². The van der Waals surface area contributed by atoms with E-state index in [0.717, 1.165) is 16.5 Å². The lowest BCUT2D eigenvalue weighted by Gasteiger charge is -2.23. The van der Waals surface area contributed by atoms with Gasteiger partial charge in [0.25, 0.3) is 0 Å². The van der Waals surface area contributed by atoms with E-state index in [1.54, 1.807) is 6.20 Å². The van der Waals surface area contributed by atoms with Crippen molar-refractivity contribution >= 4 is 34.7 Å². The Labute approximate surface area is 185 Å². The van der Waals surface area contributed by atoms with E-state index in [1.165, 1.54) is 0 Å². The first-order chi connectivity index (χ1) is 15.1. The van der Waals surface area contributed by atoms with Crippen LogP contribution in [0.5, 0.6) is 0 Å². The third-order valence-corrected chi connectivity index (χ3v) is 5.05. The number of carbonyl (C=O) groups excluding carboxylic acids is 2. The fourth-order valence-electron chi connectivity index (χ4n) is 3.41. The van der Waals surface area contributed by atoms with Gasteiger partial charge in [-0.3, -0.25) is 14.4 Å². The molecule has 2 amide bonds. The second-order valence-electron chi connectivity index (χ2n) is 8.19. The summed E-state index contributed by atoms with van der Waals surface area (Å²) < 4.78 is 0. The molecule has 10 nitrogen and oxygen atoms in total. The van der Waals surface area contributed by atoms with E-state index in [9.17, 15) is 24.3 Å². The molecule has 1 aromatic carbocycles. The van der Waals surface area contributed by atoms with Gasteiger partial charge in [-0.2, -0.15) is 0 Å². The van der Waals surface area contributed by atoms with Crippen molar-refractivity contribution in [3.63, 3.8) is 0 Å². The molecule has 0 aliphatic carbocycles. The van der Waals surface area contributed by atoms with Crippen LogP contribution in [-0.4, -0.2) is 57.1 Å². The van der Waals surface area contributed by atoms with Crippen molar-refractivity contribution < 1.29 is 29.4 Å². The number of fused-ring (bicyclic) bond motifs is 1. The lowest BCUT2D eigenvalue weighted by Crippen LogP contribution is -2.55. The summed E-state index contributed by atoms with van der Waals surface area (Å²) in [5.74, 6) is -3.72. The highest BCUT2D eigenvalue weighted by molar-refractivity contribution is 5.92. The zero-order valence-corrected chi connectivity index (χ0v) is 18.1. The minimum atomic E-state index is -1.22. The molecule has 2 rings (SSSR count). The van der Waals surface area contributed by atoms with Gasteiger partial charge in [-0.15, -0.1) is 0 Å². The third-order valence-electron chi connectivity index (χ3n) is 5.05. The molecular weight excluding hydrogens is 416 g/mol. The highest BCUT2D eigenvalue weighted by atomic mass is 16.4. The van der Waals surface area contributed by atoms with Gasteiger partial charge in [0.2, 0.25) is 11.8 Å². The summed E-state index contributed by atoms with van der Waals surface area (Å²) in [6, 6.07) is 4.19. The van der Waals surface area contributed by atoms with Crippen LogP contribution in [0.3, 0.4) is 0 Å². The summed E-state index contributed by atoms with van der Waals surface area (Å²) in [5.41, 5.74) is 7.78. The van der Waals surface area contributed by atoms with Crippen molar-refractivity contribution in [2.75, 3.05) is 0 Å². The van der Waals surface area contributed by atoms with Crippen molar-refractivity contribution in [2.45, 2.75) is 57.7 Å². The van der Waals surface area contributed by atoms with Crippen LogP contribution >= 0.6 is 0 Å². The van der Waals surface area contributed by atoms with Gasteiger partial charge in [0.15, 0.2) is 0 Å². The molecule has 0 radical (unpaired) electrons. The monoisotopic (exact) mass is 446 g/mol. The number of benzene rings is 1. The van der Waals surface area contributed by atoms with Crippen LogP contribution in [0.2, 0.25) is 0 Å². The average molecular weight is 447 g/mol. The number of nitrogens with two attached hydrogens (primary N) is 1. The smallest absolute Gasteiger partial charge is 0.326 e. The van der Waals surface area contributed by atoms with E-state index >= 15 is 0 Å². The summed E-state index contributed by atoms with van der Waals surface area (Å²) >= 11 is 0. The van der Waals surface area contributed by atoms with Crippen LogP contribution in [0.25, 0.3) is 10.9 Å². The number of carboxylic acids is 2. The molecule has 3 unspecified atom stereocenters. The van der Waals surface area contributed by atoms with E-state index in [4.69, 9.17) is 10.8 Å². The normalized spacial score (nSPS) is 14.0. The summed E-state index contributed by atoms with van der Waals surface area (Å²) in [6.45, 7) is 3.63. The Morgan fingerprint density at radius 2 is 1.69 bits per heavy atom. The molecule has 3 atom stereocenters. The molecule has 10 heteroatoms. The van der Waals surface area contributed by atoms with Gasteiger partial charge in [0, 0.05) is 23.5 Å². The SMILES string of the molecule is CC(C)CC(NC(=O)C(CCC(=O)O)NC(=O)C(N)Cc1c[nH]c2ccccc12)C(=O)O. The molecule has 1 heterocycles. The van der Waals surface area contributed by atoms with E-state index < -0.39 is 41.9 Å². The molecule has 0 saturated carbocycles. The molecule has 0 aliphatic rings. The zero-order chi connectivity index (χ0) is 23.8. The zero-order valence-electron chi connectivity index (χ0n) is 18.1. The lowest BCUT2D eigenvalue weighted by molar-refractivity contribution is -0.143. The Morgan fingerprint density at radius 3 is 2.31 bits per heavy atom. The first-order valence-corrected chi connectivity index (χ1v) is 10.4. The Bertz CT molecular complexity index is 970. The molecule has 0 spiro atoms. The van der Waals surface area contributed by atoms with Crippen LogP contribution < -0.4 is 16.4 Å². The predicted molar refractivity (Wildman–Crippen MR) is 118 cm³/mol. The Hall–Kier alpha value is -3.40. The molecule has 1 aromatic heterocycles. The van der Waals surface area contributed by atoms with Crippen molar-refractivity contribution in [3.8, 4) is 0 Å². The Morgan fingerprint density at radius 1 is 1.03 bits per heavy atom. The minimum Gasteiger partial charge on any atom is -0.481 e. The van der Waals surface area contributed by atoms with Crippen LogP contribution in [0.4, 0.5) is 0 Å². The summed E-state index contributed by atoms with van der Waals surface area (Å²) in [7, 11) is 0. The first-order valence-electron chi connectivity index (χ1n) is 10.4. The molecule has 0 saturated heterocycles. The lowest BCUT2D eigenvalue weighted by atomic mass is 10.0. The number of aromatic nitrogens is 1. The molecular formula is C22H30N4O6. The fraction of sp³-hybridized carbons (Fsp3) is 0.455. The number of hydrogen-bond acceptors (Lipinski definition) is 5. The van der Waals surface area contributed by atoms with Crippen molar-refractivity contribution in [2.24, 2.45) is 11.7 Å². The maximum Gasteiger partial charge on any atom is 0.326 e. The molecule has 7 N–H and O–H groups in total. The molecule has 0 bridgehead atoms. The Balaban J connectivity index is 2.08. The highest BCUT2D eigenvalue weighted by Gasteiger charge is 2.29. The van der Waals surface area contributed by atoms with Gasteiger partial charge < -0.3 is 31.6 Å². The standard InChI is InChI=1S/C22H30N4O6/c1-12(2)9-18(22(31)32)26-21(30)17(7-8-19(27)28)25-20(29)15(23)10-13-11-24-16-6-4-3-5-14(13)16/h3-6,11-12,15,17-18,24H,7-10,23H2,1-2H3,(H,25,29)(H,26,30)(H,27,28)(H,31,32). The van der Waals surface area contributed by atoms with Gasteiger partial charge in [0.05, 0.1) is 6.04 Å². The number of hydrogen-bond donors (Lipinski definition) is 6. The number of carbonyl (C=O) groups is 4. The molecule has 0 fully saturated rings. The second-order valence-corrected chi connectivity index (χ2v) is 8.19. The number of para-hydroxylation sites is 1. The molecule has 2 aromatic rings. The first kappa shape index (κ1) is 24.9. The maximum absolute atomic E-state index is 12.7. The van der Waals surface area contributed by atoms with Crippen LogP contribution in [0.15, 0.2) is 30.5 Å². The third kappa shape index (κ3) is 7.09. The van der Waals surface area contributed by atoms with Crippen molar-refractivity contribution in [1.82, 2.24) is 15.6 Å². The van der Waals surface area contributed by atoms with E-state index in [1.807, 2.05) is 38.1 Å². The summed E-state index contributed by atoms with van der Waals surface area (Å²) in [5, 5.41) is 24.1. The van der Waals surface area contributed by atoms with Gasteiger partial charge in [0.1, 0.15) is 12.1 Å². The van der Waals surface area contributed by atoms with Gasteiger partial charge in [-0.25, -0.2) is 4.79 Å². The van der Waals surface area contributed by atoms with E-state index in [-0.39, 0.29) is 31.6 Å². The number of aliphatic carboxylic acids is 2. The van der Waals surface area contributed by atoms with E-state index in [0.29, 0.717) is 0 Å². The van der Waals surface area contributed by atoms with Gasteiger partial charge in [-0.1, -0.05) is 32.0 Å². The predicted octanol–water partition coefficient (Wildman–Crippen LogP) is 1.00. The molecule has 0 aliphatic heterocycles. The number of rotatable bonds is 12. The van der Waals surface area contributed by atoms with Gasteiger partial charge in [-0.05, 0) is 36.8 Å². The highest BCUT2D eigenvalue weighted by Crippen LogP contribution is 2.19. The van der Waals surface area contributed by atoms with Crippen LogP contribution in [0, 0.1) is 5.92 Å².